The van der Waals surface area contributed by atoms with E-state index in [1.807, 2.05) is 69.3 Å². The molecule has 2 rings (SSSR count). The Hall–Kier alpha value is -2.62. The molecule has 198 valence electrons. The fourth-order valence-electron chi connectivity index (χ4n) is 4.55. The number of hydrogen-bond donors (Lipinski definition) is 0. The van der Waals surface area contributed by atoms with Gasteiger partial charge in [0, 0.05) is 5.92 Å². The van der Waals surface area contributed by atoms with Gasteiger partial charge in [-0.3, -0.25) is 0 Å². The molecule has 0 heterocycles. The van der Waals surface area contributed by atoms with Crippen LogP contribution < -0.4 is 0 Å². The summed E-state index contributed by atoms with van der Waals surface area (Å²) in [6, 6.07) is 15.5. The molecule has 0 amide bonds. The number of ether oxygens (including phenoxy) is 2. The lowest BCUT2D eigenvalue weighted by atomic mass is 9.94. The summed E-state index contributed by atoms with van der Waals surface area (Å²) in [6.07, 6.45) is 9.85. The van der Waals surface area contributed by atoms with Gasteiger partial charge in [0.05, 0.1) is 11.1 Å². The number of carbonyl (C=O) groups is 2. The van der Waals surface area contributed by atoms with Gasteiger partial charge >= 0.3 is 11.9 Å². The molecular weight excluding hydrogens is 448 g/mol. The number of benzene rings is 2. The standard InChI is InChI=1S/C32H46O4/c1-6-10-12-14-25-16-20-27(21-17-25)31(33)35-29(8-3)24(5)30(9-4)36-32(34)28-22-18-26(19-23-28)15-13-11-7-2/h16-24,29-30H,6-15H2,1-5H3. The number of carbonyl (C=O) groups excluding carboxylic acids is 2. The first-order chi connectivity index (χ1) is 17.4. The minimum Gasteiger partial charge on any atom is -0.458 e. The first-order valence-corrected chi connectivity index (χ1v) is 14.0. The zero-order valence-electron chi connectivity index (χ0n) is 23.1. The molecule has 2 aromatic rings. The van der Waals surface area contributed by atoms with Gasteiger partial charge in [-0.15, -0.1) is 0 Å². The molecule has 0 aromatic heterocycles. The zero-order chi connectivity index (χ0) is 26.3. The van der Waals surface area contributed by atoms with Crippen LogP contribution in [-0.4, -0.2) is 24.1 Å². The molecule has 0 fully saturated rings. The number of unbranched alkanes of at least 4 members (excludes halogenated alkanes) is 4. The van der Waals surface area contributed by atoms with Crippen molar-refractivity contribution < 1.29 is 19.1 Å². The van der Waals surface area contributed by atoms with E-state index in [4.69, 9.17) is 9.47 Å². The smallest absolute Gasteiger partial charge is 0.338 e. The fraction of sp³-hybridized carbons (Fsp3) is 0.562. The molecule has 0 saturated heterocycles. The molecule has 0 aliphatic carbocycles. The third kappa shape index (κ3) is 9.44. The molecule has 0 aliphatic heterocycles. The van der Waals surface area contributed by atoms with E-state index < -0.39 is 0 Å². The van der Waals surface area contributed by atoms with E-state index in [1.165, 1.54) is 36.8 Å². The van der Waals surface area contributed by atoms with Crippen molar-refractivity contribution >= 4 is 11.9 Å². The van der Waals surface area contributed by atoms with Crippen LogP contribution in [0.5, 0.6) is 0 Å². The molecule has 2 unspecified atom stereocenters. The molecule has 0 aliphatic rings. The summed E-state index contributed by atoms with van der Waals surface area (Å²) in [6.45, 7) is 10.4. The number of rotatable bonds is 16. The SMILES string of the molecule is CCCCCc1ccc(C(=O)OC(CC)C(C)C(CC)OC(=O)c2ccc(CCCCC)cc2)cc1. The summed E-state index contributed by atoms with van der Waals surface area (Å²) in [5, 5.41) is 0. The Morgan fingerprint density at radius 2 is 0.972 bits per heavy atom. The molecule has 4 heteroatoms. The monoisotopic (exact) mass is 494 g/mol. The zero-order valence-corrected chi connectivity index (χ0v) is 23.1. The number of esters is 2. The molecule has 36 heavy (non-hydrogen) atoms. The number of hydrogen-bond acceptors (Lipinski definition) is 4. The van der Waals surface area contributed by atoms with E-state index in [2.05, 4.69) is 13.8 Å². The van der Waals surface area contributed by atoms with Crippen LogP contribution in [0.15, 0.2) is 48.5 Å². The molecule has 0 saturated carbocycles. The second kappa shape index (κ2) is 16.2. The Morgan fingerprint density at radius 3 is 1.28 bits per heavy atom. The average molecular weight is 495 g/mol. The van der Waals surface area contributed by atoms with Crippen molar-refractivity contribution in [2.75, 3.05) is 0 Å². The Bertz CT molecular complexity index is 825. The Morgan fingerprint density at radius 1 is 0.611 bits per heavy atom. The van der Waals surface area contributed by atoms with Crippen LogP contribution in [0.2, 0.25) is 0 Å². The maximum absolute atomic E-state index is 12.8. The average Bonchev–Trinajstić information content (AvgIpc) is 2.90. The first kappa shape index (κ1) is 29.6. The van der Waals surface area contributed by atoms with Gasteiger partial charge in [-0.25, -0.2) is 9.59 Å². The quantitative estimate of drug-likeness (QED) is 0.174. The highest BCUT2D eigenvalue weighted by Crippen LogP contribution is 2.23. The van der Waals surface area contributed by atoms with Crippen LogP contribution in [-0.2, 0) is 22.3 Å². The third-order valence-corrected chi connectivity index (χ3v) is 7.01. The van der Waals surface area contributed by atoms with Crippen molar-refractivity contribution in [1.29, 1.82) is 0 Å². The van der Waals surface area contributed by atoms with Crippen LogP contribution >= 0.6 is 0 Å². The Labute approximate surface area is 218 Å². The predicted octanol–water partition coefficient (Wildman–Crippen LogP) is 8.36. The van der Waals surface area contributed by atoms with Crippen LogP contribution in [0.1, 0.15) is 118 Å². The summed E-state index contributed by atoms with van der Waals surface area (Å²) in [5.74, 6) is -0.767. The van der Waals surface area contributed by atoms with Crippen molar-refractivity contribution in [2.45, 2.75) is 111 Å². The molecule has 0 bridgehead atoms. The van der Waals surface area contributed by atoms with Crippen molar-refractivity contribution in [3.8, 4) is 0 Å². The van der Waals surface area contributed by atoms with E-state index in [9.17, 15) is 9.59 Å². The van der Waals surface area contributed by atoms with Gasteiger partial charge in [-0.2, -0.15) is 0 Å². The highest BCUT2D eigenvalue weighted by atomic mass is 16.6. The molecule has 0 radical (unpaired) electrons. The van der Waals surface area contributed by atoms with Crippen LogP contribution in [0, 0.1) is 5.92 Å². The highest BCUT2D eigenvalue weighted by molar-refractivity contribution is 5.90. The molecular formula is C32H46O4. The van der Waals surface area contributed by atoms with Gasteiger partial charge in [0.1, 0.15) is 12.2 Å². The summed E-state index contributed by atoms with van der Waals surface area (Å²) in [7, 11) is 0. The molecule has 0 N–H and O–H groups in total. The van der Waals surface area contributed by atoms with Gasteiger partial charge in [0.15, 0.2) is 0 Å². The molecule has 2 aromatic carbocycles. The van der Waals surface area contributed by atoms with Gasteiger partial charge < -0.3 is 9.47 Å². The van der Waals surface area contributed by atoms with Crippen LogP contribution in [0.3, 0.4) is 0 Å². The Kier molecular flexibility index (Phi) is 13.3. The molecule has 4 nitrogen and oxygen atoms in total. The van der Waals surface area contributed by atoms with Gasteiger partial charge in [-0.1, -0.05) is 84.6 Å². The Balaban J connectivity index is 1.95. The highest BCUT2D eigenvalue weighted by Gasteiger charge is 2.30. The first-order valence-electron chi connectivity index (χ1n) is 14.0. The van der Waals surface area contributed by atoms with Gasteiger partial charge in [0.25, 0.3) is 0 Å². The predicted molar refractivity (Wildman–Crippen MR) is 147 cm³/mol. The largest absolute Gasteiger partial charge is 0.458 e. The van der Waals surface area contributed by atoms with E-state index in [1.54, 1.807) is 0 Å². The second-order valence-corrected chi connectivity index (χ2v) is 9.87. The van der Waals surface area contributed by atoms with E-state index in [0.29, 0.717) is 24.0 Å². The molecule has 2 atom stereocenters. The van der Waals surface area contributed by atoms with Gasteiger partial charge in [-0.05, 0) is 73.9 Å². The number of aryl methyl sites for hydroxylation is 2. The summed E-state index contributed by atoms with van der Waals surface area (Å²) in [5.41, 5.74) is 3.60. The summed E-state index contributed by atoms with van der Waals surface area (Å²) < 4.78 is 11.8. The van der Waals surface area contributed by atoms with Gasteiger partial charge in [0.2, 0.25) is 0 Å². The van der Waals surface area contributed by atoms with E-state index >= 15 is 0 Å². The van der Waals surface area contributed by atoms with Crippen molar-refractivity contribution in [3.05, 3.63) is 70.8 Å². The summed E-state index contributed by atoms with van der Waals surface area (Å²) in [4.78, 5) is 25.7. The molecule has 0 spiro atoms. The minimum atomic E-state index is -0.333. The normalized spacial score (nSPS) is 13.6. The maximum atomic E-state index is 12.8. The van der Waals surface area contributed by atoms with E-state index in [0.717, 1.165) is 25.7 Å². The topological polar surface area (TPSA) is 52.6 Å². The third-order valence-electron chi connectivity index (χ3n) is 7.01. The maximum Gasteiger partial charge on any atom is 0.338 e. The van der Waals surface area contributed by atoms with Crippen LogP contribution in [0.25, 0.3) is 0 Å². The lowest BCUT2D eigenvalue weighted by Gasteiger charge is -2.29. The second-order valence-electron chi connectivity index (χ2n) is 9.87. The lowest BCUT2D eigenvalue weighted by molar-refractivity contribution is -0.0299. The minimum absolute atomic E-state index is 0.116. The lowest BCUT2D eigenvalue weighted by Crippen LogP contribution is -2.35. The van der Waals surface area contributed by atoms with Crippen LogP contribution in [0.4, 0.5) is 0 Å². The van der Waals surface area contributed by atoms with E-state index in [-0.39, 0.29) is 30.1 Å². The van der Waals surface area contributed by atoms with Crippen molar-refractivity contribution in [3.63, 3.8) is 0 Å². The van der Waals surface area contributed by atoms with Crippen molar-refractivity contribution in [1.82, 2.24) is 0 Å². The fourth-order valence-corrected chi connectivity index (χ4v) is 4.55. The van der Waals surface area contributed by atoms with Crippen molar-refractivity contribution in [2.24, 2.45) is 5.92 Å². The summed E-state index contributed by atoms with van der Waals surface area (Å²) >= 11 is 0.